The summed E-state index contributed by atoms with van der Waals surface area (Å²) in [6, 6.07) is 14.2. The molecule has 0 fully saturated rings. The molecule has 3 heterocycles. The molecule has 0 aliphatic rings. The molecule has 0 spiro atoms. The van der Waals surface area contributed by atoms with Gasteiger partial charge in [0.05, 0.1) is 17.0 Å². The van der Waals surface area contributed by atoms with Crippen molar-refractivity contribution in [3.63, 3.8) is 0 Å². The van der Waals surface area contributed by atoms with Crippen LogP contribution in [-0.2, 0) is 18.5 Å². The number of thioether (sulfide) groups is 1. The molecular formula is C26H18F4N6OS2. The van der Waals surface area contributed by atoms with Crippen molar-refractivity contribution in [1.82, 2.24) is 30.0 Å². The molecule has 198 valence electrons. The maximum atomic E-state index is 13.4. The van der Waals surface area contributed by atoms with Crippen molar-refractivity contribution in [1.29, 1.82) is 0 Å². The fraction of sp³-hybridized carbons (Fsp3) is 0.115. The number of aromatic nitrogens is 5. The zero-order chi connectivity index (χ0) is 27.4. The third-order valence-corrected chi connectivity index (χ3v) is 7.43. The van der Waals surface area contributed by atoms with Gasteiger partial charge in [-0.2, -0.15) is 13.2 Å². The van der Waals surface area contributed by atoms with Gasteiger partial charge in [0.15, 0.2) is 11.0 Å². The number of nitrogens with one attached hydrogen (secondary N) is 1. The van der Waals surface area contributed by atoms with E-state index in [-0.39, 0.29) is 29.7 Å². The molecule has 0 atom stereocenters. The Labute approximate surface area is 228 Å². The SMILES string of the molecule is O=C(NCc1ccc(F)cc1)c1csc(CSc2nnc(-c3cccnc3)n2-c2cccc(C(F)(F)F)c2)n1. The summed E-state index contributed by atoms with van der Waals surface area (Å²) in [5, 5.41) is 13.8. The molecule has 7 nitrogen and oxygen atoms in total. The van der Waals surface area contributed by atoms with Crippen LogP contribution in [0.2, 0.25) is 0 Å². The van der Waals surface area contributed by atoms with Gasteiger partial charge in [-0.05, 0) is 48.0 Å². The number of carbonyl (C=O) groups excluding carboxylic acids is 1. The zero-order valence-electron chi connectivity index (χ0n) is 19.9. The second-order valence-corrected chi connectivity index (χ2v) is 10.0. The van der Waals surface area contributed by atoms with Crippen LogP contribution in [0.15, 0.2) is 83.6 Å². The number of hydrogen-bond acceptors (Lipinski definition) is 7. The van der Waals surface area contributed by atoms with E-state index in [1.165, 1.54) is 41.3 Å². The molecule has 0 saturated carbocycles. The van der Waals surface area contributed by atoms with E-state index in [1.807, 2.05) is 0 Å². The summed E-state index contributed by atoms with van der Waals surface area (Å²) < 4.78 is 54.9. The van der Waals surface area contributed by atoms with E-state index >= 15 is 0 Å². The molecule has 39 heavy (non-hydrogen) atoms. The van der Waals surface area contributed by atoms with Crippen molar-refractivity contribution in [2.24, 2.45) is 0 Å². The van der Waals surface area contributed by atoms with Crippen LogP contribution in [0.5, 0.6) is 0 Å². The Hall–Kier alpha value is -4.10. The topological polar surface area (TPSA) is 85.6 Å². The van der Waals surface area contributed by atoms with Crippen LogP contribution >= 0.6 is 23.1 Å². The lowest BCUT2D eigenvalue weighted by Gasteiger charge is -2.13. The fourth-order valence-corrected chi connectivity index (χ4v) is 5.33. The Morgan fingerprint density at radius 2 is 1.87 bits per heavy atom. The second-order valence-electron chi connectivity index (χ2n) is 8.16. The van der Waals surface area contributed by atoms with Gasteiger partial charge in [0, 0.05) is 29.9 Å². The highest BCUT2D eigenvalue weighted by atomic mass is 32.2. The van der Waals surface area contributed by atoms with E-state index in [4.69, 9.17) is 0 Å². The van der Waals surface area contributed by atoms with Gasteiger partial charge in [-0.15, -0.1) is 21.5 Å². The van der Waals surface area contributed by atoms with Crippen molar-refractivity contribution in [3.05, 3.63) is 106 Å². The first-order valence-corrected chi connectivity index (χ1v) is 13.3. The smallest absolute Gasteiger partial charge is 0.347 e. The van der Waals surface area contributed by atoms with Gasteiger partial charge in [-0.25, -0.2) is 9.37 Å². The summed E-state index contributed by atoms with van der Waals surface area (Å²) in [7, 11) is 0. The molecule has 13 heteroatoms. The molecule has 0 aliphatic heterocycles. The van der Waals surface area contributed by atoms with E-state index in [2.05, 4.69) is 25.5 Å². The van der Waals surface area contributed by atoms with E-state index in [9.17, 15) is 22.4 Å². The van der Waals surface area contributed by atoms with Gasteiger partial charge in [0.2, 0.25) is 0 Å². The van der Waals surface area contributed by atoms with Crippen LogP contribution in [0.4, 0.5) is 17.6 Å². The molecule has 5 aromatic rings. The Morgan fingerprint density at radius 1 is 1.05 bits per heavy atom. The number of rotatable bonds is 8. The molecule has 0 bridgehead atoms. The summed E-state index contributed by atoms with van der Waals surface area (Å²) in [5.74, 6) is -0.0917. The molecule has 0 saturated heterocycles. The number of alkyl halides is 3. The molecule has 1 amide bonds. The predicted molar refractivity (Wildman–Crippen MR) is 139 cm³/mol. The largest absolute Gasteiger partial charge is 0.416 e. The fourth-order valence-electron chi connectivity index (χ4n) is 3.58. The Kier molecular flexibility index (Phi) is 7.70. The molecule has 3 aromatic heterocycles. The van der Waals surface area contributed by atoms with Crippen molar-refractivity contribution >= 4 is 29.0 Å². The summed E-state index contributed by atoms with van der Waals surface area (Å²) >= 11 is 2.50. The highest BCUT2D eigenvalue weighted by Gasteiger charge is 2.31. The molecular weight excluding hydrogens is 552 g/mol. The third-order valence-electron chi connectivity index (χ3n) is 5.46. The summed E-state index contributed by atoms with van der Waals surface area (Å²) in [5.41, 5.74) is 1.01. The number of nitrogens with zero attached hydrogens (tertiary/aromatic N) is 5. The monoisotopic (exact) mass is 570 g/mol. The number of halogens is 4. The van der Waals surface area contributed by atoms with Gasteiger partial charge in [0.1, 0.15) is 16.5 Å². The van der Waals surface area contributed by atoms with E-state index in [0.29, 0.717) is 27.3 Å². The average molecular weight is 571 g/mol. The summed E-state index contributed by atoms with van der Waals surface area (Å²) in [6.45, 7) is 0.220. The van der Waals surface area contributed by atoms with Crippen molar-refractivity contribution in [2.75, 3.05) is 0 Å². The third kappa shape index (κ3) is 6.32. The van der Waals surface area contributed by atoms with E-state index < -0.39 is 11.7 Å². The maximum absolute atomic E-state index is 13.4. The number of benzene rings is 2. The van der Waals surface area contributed by atoms with Gasteiger partial charge in [-0.1, -0.05) is 30.0 Å². The Balaban J connectivity index is 1.35. The lowest BCUT2D eigenvalue weighted by molar-refractivity contribution is -0.137. The number of carbonyl (C=O) groups is 1. The quantitative estimate of drug-likeness (QED) is 0.178. The Bertz CT molecular complexity index is 1590. The van der Waals surface area contributed by atoms with Gasteiger partial charge in [-0.3, -0.25) is 14.3 Å². The molecule has 5 rings (SSSR count). The van der Waals surface area contributed by atoms with Crippen LogP contribution in [0.25, 0.3) is 17.1 Å². The molecule has 0 aliphatic carbocycles. The van der Waals surface area contributed by atoms with Crippen molar-refractivity contribution < 1.29 is 22.4 Å². The molecule has 1 N–H and O–H groups in total. The first-order chi connectivity index (χ1) is 18.8. The van der Waals surface area contributed by atoms with Crippen molar-refractivity contribution in [2.45, 2.75) is 23.6 Å². The minimum Gasteiger partial charge on any atom is -0.347 e. The van der Waals surface area contributed by atoms with Crippen LogP contribution in [0.1, 0.15) is 26.6 Å². The van der Waals surface area contributed by atoms with E-state index in [1.54, 1.807) is 52.7 Å². The minimum absolute atomic E-state index is 0.220. The minimum atomic E-state index is -4.51. The van der Waals surface area contributed by atoms with E-state index in [0.717, 1.165) is 17.7 Å². The first kappa shape index (κ1) is 26.5. The zero-order valence-corrected chi connectivity index (χ0v) is 21.5. The number of thiazole rings is 1. The molecule has 0 unspecified atom stereocenters. The molecule has 0 radical (unpaired) electrons. The highest BCUT2D eigenvalue weighted by Crippen LogP contribution is 2.34. The summed E-state index contributed by atoms with van der Waals surface area (Å²) in [4.78, 5) is 21.0. The van der Waals surface area contributed by atoms with Gasteiger partial charge < -0.3 is 5.32 Å². The highest BCUT2D eigenvalue weighted by molar-refractivity contribution is 7.98. The average Bonchev–Trinajstić information content (AvgIpc) is 3.59. The first-order valence-electron chi connectivity index (χ1n) is 11.4. The number of hydrogen-bond donors (Lipinski definition) is 1. The molecule has 2 aromatic carbocycles. The van der Waals surface area contributed by atoms with Crippen LogP contribution in [-0.4, -0.2) is 30.6 Å². The van der Waals surface area contributed by atoms with Crippen LogP contribution < -0.4 is 5.32 Å². The lowest BCUT2D eigenvalue weighted by Crippen LogP contribution is -2.23. The Morgan fingerprint density at radius 3 is 2.62 bits per heavy atom. The van der Waals surface area contributed by atoms with Crippen molar-refractivity contribution in [3.8, 4) is 17.1 Å². The van der Waals surface area contributed by atoms with Crippen LogP contribution in [0.3, 0.4) is 0 Å². The maximum Gasteiger partial charge on any atom is 0.416 e. The lowest BCUT2D eigenvalue weighted by atomic mass is 10.2. The van der Waals surface area contributed by atoms with Gasteiger partial charge >= 0.3 is 6.18 Å². The second kappa shape index (κ2) is 11.3. The normalized spacial score (nSPS) is 11.5. The predicted octanol–water partition coefficient (Wildman–Crippen LogP) is 6.17. The standard InChI is InChI=1S/C26H18F4N6OS2/c27-19-8-6-16(7-9-19)12-32-24(37)21-14-38-22(33-21)15-39-25-35-34-23(17-3-2-10-31-13-17)36(25)20-5-1-4-18(11-20)26(28,29)30/h1-11,13-14H,12,15H2,(H,32,37). The van der Waals surface area contributed by atoms with Gasteiger partial charge in [0.25, 0.3) is 5.91 Å². The van der Waals surface area contributed by atoms with Crippen LogP contribution in [0, 0.1) is 5.82 Å². The number of pyridine rings is 1. The number of amides is 1. The summed E-state index contributed by atoms with van der Waals surface area (Å²) in [6.07, 6.45) is -1.37.